The molecule has 2 aromatic rings. The minimum Gasteiger partial charge on any atom is -0.219 e. The van der Waals surface area contributed by atoms with Gasteiger partial charge in [0.15, 0.2) is 5.65 Å². The maximum atomic E-state index is 12.4. The Morgan fingerprint density at radius 3 is 2.67 bits per heavy atom. The molecule has 0 saturated carbocycles. The Hall–Kier alpha value is -1.30. The molecular formula is C8H5ClF3N3. The van der Waals surface area contributed by atoms with Gasteiger partial charge in [0.25, 0.3) is 0 Å². The molecule has 0 radical (unpaired) electrons. The Labute approximate surface area is 87.5 Å². The van der Waals surface area contributed by atoms with Crippen LogP contribution < -0.4 is 0 Å². The molecule has 0 unspecified atom stereocenters. The SMILES string of the molecule is Cc1nc2c(Cl)cc(C(F)(F)F)cn2n1. The highest BCUT2D eigenvalue weighted by Gasteiger charge is 2.32. The number of hydrogen-bond donors (Lipinski definition) is 0. The molecule has 0 atom stereocenters. The van der Waals surface area contributed by atoms with Gasteiger partial charge in [-0.2, -0.15) is 18.3 Å². The molecular weight excluding hydrogens is 231 g/mol. The average molecular weight is 236 g/mol. The standard InChI is InChI=1S/C8H5ClF3N3/c1-4-13-7-6(9)2-5(8(10,11)12)3-15(7)14-4/h2-3H,1H3. The molecule has 0 saturated heterocycles. The molecule has 15 heavy (non-hydrogen) atoms. The zero-order valence-electron chi connectivity index (χ0n) is 7.51. The summed E-state index contributed by atoms with van der Waals surface area (Å²) in [5, 5.41) is 3.70. The van der Waals surface area contributed by atoms with Crippen molar-refractivity contribution in [1.82, 2.24) is 14.6 Å². The van der Waals surface area contributed by atoms with Gasteiger partial charge in [0, 0.05) is 6.20 Å². The first-order valence-corrected chi connectivity index (χ1v) is 4.35. The van der Waals surface area contributed by atoms with Gasteiger partial charge >= 0.3 is 6.18 Å². The third-order valence-electron chi connectivity index (χ3n) is 1.82. The van der Waals surface area contributed by atoms with Gasteiger partial charge in [0.05, 0.1) is 10.6 Å². The van der Waals surface area contributed by atoms with Gasteiger partial charge in [-0.15, -0.1) is 0 Å². The second-order valence-electron chi connectivity index (χ2n) is 3.00. The van der Waals surface area contributed by atoms with Crippen molar-refractivity contribution < 1.29 is 13.2 Å². The number of rotatable bonds is 0. The molecule has 0 bridgehead atoms. The first-order chi connectivity index (χ1) is 6.88. The highest BCUT2D eigenvalue weighted by molar-refractivity contribution is 6.33. The summed E-state index contributed by atoms with van der Waals surface area (Å²) in [5.74, 6) is 0.372. The van der Waals surface area contributed by atoms with Gasteiger partial charge in [-0.1, -0.05) is 11.6 Å². The molecule has 0 aromatic carbocycles. The minimum absolute atomic E-state index is 0.0644. The maximum absolute atomic E-state index is 12.4. The van der Waals surface area contributed by atoms with Crippen LogP contribution in [0.4, 0.5) is 13.2 Å². The first kappa shape index (κ1) is 10.2. The smallest absolute Gasteiger partial charge is 0.219 e. The van der Waals surface area contributed by atoms with E-state index in [0.717, 1.165) is 16.8 Å². The number of aryl methyl sites for hydroxylation is 1. The fraction of sp³-hybridized carbons (Fsp3) is 0.250. The van der Waals surface area contributed by atoms with E-state index in [2.05, 4.69) is 10.1 Å². The van der Waals surface area contributed by atoms with E-state index < -0.39 is 11.7 Å². The number of fused-ring (bicyclic) bond motifs is 1. The number of nitrogens with zero attached hydrogens (tertiary/aromatic N) is 3. The number of aromatic nitrogens is 3. The van der Waals surface area contributed by atoms with Gasteiger partial charge in [0.2, 0.25) is 0 Å². The van der Waals surface area contributed by atoms with Crippen LogP contribution in [0.5, 0.6) is 0 Å². The van der Waals surface area contributed by atoms with Crippen molar-refractivity contribution in [3.05, 3.63) is 28.7 Å². The van der Waals surface area contributed by atoms with Crippen LogP contribution >= 0.6 is 11.6 Å². The van der Waals surface area contributed by atoms with E-state index >= 15 is 0 Å². The second-order valence-corrected chi connectivity index (χ2v) is 3.41. The lowest BCUT2D eigenvalue weighted by Gasteiger charge is -2.06. The maximum Gasteiger partial charge on any atom is 0.417 e. The van der Waals surface area contributed by atoms with Crippen LogP contribution in [0.25, 0.3) is 5.65 Å². The molecule has 80 valence electrons. The summed E-state index contributed by atoms with van der Waals surface area (Å²) in [6.45, 7) is 1.58. The summed E-state index contributed by atoms with van der Waals surface area (Å²) >= 11 is 5.66. The van der Waals surface area contributed by atoms with Crippen molar-refractivity contribution in [2.45, 2.75) is 13.1 Å². The molecule has 0 fully saturated rings. The van der Waals surface area contributed by atoms with Gasteiger partial charge in [-0.05, 0) is 13.0 Å². The van der Waals surface area contributed by atoms with E-state index in [9.17, 15) is 13.2 Å². The lowest BCUT2D eigenvalue weighted by atomic mass is 10.3. The summed E-state index contributed by atoms with van der Waals surface area (Å²) in [6.07, 6.45) is -3.57. The molecule has 2 heterocycles. The van der Waals surface area contributed by atoms with Crippen molar-refractivity contribution in [3.8, 4) is 0 Å². The Kier molecular flexibility index (Phi) is 2.11. The summed E-state index contributed by atoms with van der Waals surface area (Å²) < 4.78 is 38.2. The van der Waals surface area contributed by atoms with Crippen LogP contribution in [0.15, 0.2) is 12.3 Å². The molecule has 0 N–H and O–H groups in total. The largest absolute Gasteiger partial charge is 0.417 e. The summed E-state index contributed by atoms with van der Waals surface area (Å²) in [5.41, 5.74) is -0.618. The highest BCUT2D eigenvalue weighted by Crippen LogP contribution is 2.31. The van der Waals surface area contributed by atoms with Crippen LogP contribution in [0, 0.1) is 6.92 Å². The van der Waals surface area contributed by atoms with Crippen molar-refractivity contribution in [2.75, 3.05) is 0 Å². The van der Waals surface area contributed by atoms with Gasteiger partial charge in [-0.25, -0.2) is 9.50 Å². The van der Waals surface area contributed by atoms with Crippen molar-refractivity contribution in [2.24, 2.45) is 0 Å². The topological polar surface area (TPSA) is 30.2 Å². The number of pyridine rings is 1. The first-order valence-electron chi connectivity index (χ1n) is 3.97. The molecule has 0 aliphatic carbocycles. The van der Waals surface area contributed by atoms with E-state index in [4.69, 9.17) is 11.6 Å². The van der Waals surface area contributed by atoms with Crippen molar-refractivity contribution in [3.63, 3.8) is 0 Å². The number of hydrogen-bond acceptors (Lipinski definition) is 2. The highest BCUT2D eigenvalue weighted by atomic mass is 35.5. The van der Waals surface area contributed by atoms with Gasteiger partial charge < -0.3 is 0 Å². The Balaban J connectivity index is 2.72. The quantitative estimate of drug-likeness (QED) is 0.703. The van der Waals surface area contributed by atoms with Crippen molar-refractivity contribution in [1.29, 1.82) is 0 Å². The lowest BCUT2D eigenvalue weighted by molar-refractivity contribution is -0.137. The van der Waals surface area contributed by atoms with Crippen LogP contribution in [-0.4, -0.2) is 14.6 Å². The Bertz CT molecular complexity index is 518. The zero-order chi connectivity index (χ0) is 11.2. The third kappa shape index (κ3) is 1.77. The molecule has 0 spiro atoms. The fourth-order valence-corrected chi connectivity index (χ4v) is 1.45. The van der Waals surface area contributed by atoms with E-state index in [1.54, 1.807) is 6.92 Å². The van der Waals surface area contributed by atoms with Crippen LogP contribution in [-0.2, 0) is 6.18 Å². The Morgan fingerprint density at radius 2 is 2.07 bits per heavy atom. The molecule has 0 amide bonds. The normalized spacial score (nSPS) is 12.3. The van der Waals surface area contributed by atoms with E-state index in [1.807, 2.05) is 0 Å². The van der Waals surface area contributed by atoms with E-state index in [0.29, 0.717) is 5.82 Å². The Morgan fingerprint density at radius 1 is 1.40 bits per heavy atom. The molecule has 2 rings (SSSR count). The molecule has 3 nitrogen and oxygen atoms in total. The predicted molar refractivity (Wildman–Crippen MR) is 47.7 cm³/mol. The van der Waals surface area contributed by atoms with Crippen LogP contribution in [0.1, 0.15) is 11.4 Å². The fourth-order valence-electron chi connectivity index (χ4n) is 1.21. The van der Waals surface area contributed by atoms with Gasteiger partial charge in [0.1, 0.15) is 5.82 Å². The third-order valence-corrected chi connectivity index (χ3v) is 2.10. The van der Waals surface area contributed by atoms with Crippen LogP contribution in [0.2, 0.25) is 5.02 Å². The summed E-state index contributed by atoms with van der Waals surface area (Å²) in [4.78, 5) is 3.89. The number of halogens is 4. The summed E-state index contributed by atoms with van der Waals surface area (Å²) in [7, 11) is 0. The van der Waals surface area contributed by atoms with Crippen molar-refractivity contribution >= 4 is 17.2 Å². The zero-order valence-corrected chi connectivity index (χ0v) is 8.26. The lowest BCUT2D eigenvalue weighted by Crippen LogP contribution is -2.07. The number of alkyl halides is 3. The van der Waals surface area contributed by atoms with Gasteiger partial charge in [-0.3, -0.25) is 0 Å². The minimum atomic E-state index is -4.43. The average Bonchev–Trinajstić information content (AvgIpc) is 2.44. The predicted octanol–water partition coefficient (Wildman–Crippen LogP) is 2.71. The molecule has 7 heteroatoms. The van der Waals surface area contributed by atoms with E-state index in [1.165, 1.54) is 0 Å². The summed E-state index contributed by atoms with van der Waals surface area (Å²) in [6, 6.07) is 0.838. The van der Waals surface area contributed by atoms with Crippen LogP contribution in [0.3, 0.4) is 0 Å². The van der Waals surface area contributed by atoms with E-state index in [-0.39, 0.29) is 10.7 Å². The monoisotopic (exact) mass is 235 g/mol. The molecule has 2 aromatic heterocycles. The second kappa shape index (κ2) is 3.10. The molecule has 0 aliphatic rings. The molecule has 0 aliphatic heterocycles.